The van der Waals surface area contributed by atoms with Crippen molar-refractivity contribution in [3.63, 3.8) is 0 Å². The van der Waals surface area contributed by atoms with Crippen LogP contribution in [0.15, 0.2) is 4.99 Å². The molecule has 0 aliphatic heterocycles. The zero-order chi connectivity index (χ0) is 11.0. The van der Waals surface area contributed by atoms with Gasteiger partial charge in [-0.1, -0.05) is 0 Å². The standard InChI is InChI=1S/C8H17N3O3.2ClH/c1-6(11-14)10-7(8(12)13)4-2-3-5-9;;/h7,14H,2-5,9H2,1H3,(H,10,11)(H,12,13);2*1H/t7-;;/m0../s1. The lowest BCUT2D eigenvalue weighted by Gasteiger charge is -2.08. The Hall–Kier alpha value is -0.560. The molecule has 0 bridgehead atoms. The molecule has 0 radical (unpaired) electrons. The van der Waals surface area contributed by atoms with E-state index in [9.17, 15) is 4.79 Å². The van der Waals surface area contributed by atoms with Crippen LogP contribution in [-0.2, 0) is 4.79 Å². The van der Waals surface area contributed by atoms with Crippen LogP contribution in [0.3, 0.4) is 0 Å². The highest BCUT2D eigenvalue weighted by molar-refractivity contribution is 5.85. The summed E-state index contributed by atoms with van der Waals surface area (Å²) in [5.41, 5.74) is 7.09. The van der Waals surface area contributed by atoms with E-state index in [1.807, 2.05) is 0 Å². The van der Waals surface area contributed by atoms with E-state index >= 15 is 0 Å². The molecule has 8 heteroatoms. The summed E-state index contributed by atoms with van der Waals surface area (Å²) in [4.78, 5) is 14.5. The van der Waals surface area contributed by atoms with Crippen LogP contribution in [0, 0.1) is 0 Å². The van der Waals surface area contributed by atoms with E-state index in [4.69, 9.17) is 16.0 Å². The van der Waals surface area contributed by atoms with E-state index in [0.29, 0.717) is 13.0 Å². The molecule has 0 spiro atoms. The first-order valence-corrected chi connectivity index (χ1v) is 4.49. The summed E-state index contributed by atoms with van der Waals surface area (Å²) in [6.45, 7) is 2.05. The molecule has 0 rings (SSSR count). The number of unbranched alkanes of at least 4 members (excludes halogenated alkanes) is 1. The van der Waals surface area contributed by atoms with Crippen molar-refractivity contribution in [2.75, 3.05) is 6.54 Å². The van der Waals surface area contributed by atoms with E-state index in [-0.39, 0.29) is 30.6 Å². The number of hydrogen-bond acceptors (Lipinski definition) is 4. The Labute approximate surface area is 107 Å². The fourth-order valence-corrected chi connectivity index (χ4v) is 0.988. The van der Waals surface area contributed by atoms with Gasteiger partial charge in [0.25, 0.3) is 0 Å². The van der Waals surface area contributed by atoms with Crippen LogP contribution >= 0.6 is 24.8 Å². The summed E-state index contributed by atoms with van der Waals surface area (Å²) in [5, 5.41) is 17.2. The predicted molar refractivity (Wildman–Crippen MR) is 66.9 cm³/mol. The van der Waals surface area contributed by atoms with E-state index in [1.54, 1.807) is 5.48 Å². The first-order chi connectivity index (χ1) is 6.61. The maximum absolute atomic E-state index is 10.7. The van der Waals surface area contributed by atoms with Gasteiger partial charge in [0.1, 0.15) is 11.9 Å². The van der Waals surface area contributed by atoms with Gasteiger partial charge >= 0.3 is 5.97 Å². The number of carboxylic acids is 1. The number of carboxylic acid groups (broad SMARTS) is 1. The zero-order valence-electron chi connectivity index (χ0n) is 9.05. The van der Waals surface area contributed by atoms with Crippen LogP contribution in [-0.4, -0.2) is 34.7 Å². The van der Waals surface area contributed by atoms with Gasteiger partial charge in [-0.15, -0.1) is 24.8 Å². The van der Waals surface area contributed by atoms with Gasteiger partial charge < -0.3 is 10.8 Å². The monoisotopic (exact) mass is 275 g/mol. The number of hydrogen-bond donors (Lipinski definition) is 4. The molecule has 0 saturated heterocycles. The van der Waals surface area contributed by atoms with E-state index < -0.39 is 12.0 Å². The van der Waals surface area contributed by atoms with Crippen molar-refractivity contribution >= 4 is 36.6 Å². The highest BCUT2D eigenvalue weighted by Crippen LogP contribution is 2.04. The molecule has 16 heavy (non-hydrogen) atoms. The van der Waals surface area contributed by atoms with Crippen molar-refractivity contribution in [2.45, 2.75) is 32.2 Å². The lowest BCUT2D eigenvalue weighted by Crippen LogP contribution is -2.24. The van der Waals surface area contributed by atoms with Gasteiger partial charge in [0.15, 0.2) is 0 Å². The first kappa shape index (κ1) is 20.8. The molecule has 5 N–H and O–H groups in total. The van der Waals surface area contributed by atoms with Gasteiger partial charge in [-0.3, -0.25) is 15.7 Å². The van der Waals surface area contributed by atoms with Crippen LogP contribution in [0.4, 0.5) is 0 Å². The van der Waals surface area contributed by atoms with Crippen LogP contribution in [0.2, 0.25) is 0 Å². The Bertz CT molecular complexity index is 215. The summed E-state index contributed by atoms with van der Waals surface area (Å²) >= 11 is 0. The zero-order valence-corrected chi connectivity index (χ0v) is 10.7. The molecule has 1 atom stereocenters. The highest BCUT2D eigenvalue weighted by atomic mass is 35.5. The normalized spacial score (nSPS) is 12.1. The van der Waals surface area contributed by atoms with Crippen LogP contribution in [0.1, 0.15) is 26.2 Å². The van der Waals surface area contributed by atoms with Crippen LogP contribution in [0.5, 0.6) is 0 Å². The van der Waals surface area contributed by atoms with Crippen molar-refractivity contribution < 1.29 is 15.1 Å². The second-order valence-electron chi connectivity index (χ2n) is 2.96. The van der Waals surface area contributed by atoms with Crippen molar-refractivity contribution in [3.8, 4) is 0 Å². The van der Waals surface area contributed by atoms with E-state index in [0.717, 1.165) is 12.8 Å². The molecular formula is C8H19Cl2N3O3. The second-order valence-corrected chi connectivity index (χ2v) is 2.96. The van der Waals surface area contributed by atoms with Gasteiger partial charge in [-0.2, -0.15) is 0 Å². The van der Waals surface area contributed by atoms with Crippen molar-refractivity contribution in [1.82, 2.24) is 5.48 Å². The maximum Gasteiger partial charge on any atom is 0.328 e. The summed E-state index contributed by atoms with van der Waals surface area (Å²) in [6, 6.07) is -0.804. The van der Waals surface area contributed by atoms with Crippen LogP contribution in [0.25, 0.3) is 0 Å². The fraction of sp³-hybridized carbons (Fsp3) is 0.750. The SMILES string of the molecule is CC(=N[C@@H](CCCCN)C(=O)O)NO.Cl.Cl. The Morgan fingerprint density at radius 1 is 1.44 bits per heavy atom. The van der Waals surface area contributed by atoms with Crippen molar-refractivity contribution in [1.29, 1.82) is 0 Å². The Balaban J connectivity index is -0.000000845. The number of carbonyl (C=O) groups is 1. The van der Waals surface area contributed by atoms with Gasteiger partial charge in [0, 0.05) is 0 Å². The largest absolute Gasteiger partial charge is 0.480 e. The predicted octanol–water partition coefficient (Wildman–Crippen LogP) is 0.809. The molecule has 0 heterocycles. The smallest absolute Gasteiger partial charge is 0.328 e. The fourth-order valence-electron chi connectivity index (χ4n) is 0.988. The summed E-state index contributed by atoms with van der Waals surface area (Å²) in [7, 11) is 0. The molecule has 0 aromatic heterocycles. The molecule has 0 amide bonds. The number of nitrogens with two attached hydrogens (primary N) is 1. The van der Waals surface area contributed by atoms with E-state index in [2.05, 4.69) is 4.99 Å². The molecule has 0 aromatic rings. The number of rotatable bonds is 6. The molecule has 0 aliphatic carbocycles. The number of aliphatic imine (C=N–C) groups is 1. The lowest BCUT2D eigenvalue weighted by molar-refractivity contribution is -0.138. The Morgan fingerprint density at radius 3 is 2.38 bits per heavy atom. The minimum atomic E-state index is -0.989. The number of nitrogens with zero attached hydrogens (tertiary/aromatic N) is 1. The molecule has 98 valence electrons. The van der Waals surface area contributed by atoms with Gasteiger partial charge in [0.05, 0.1) is 0 Å². The second kappa shape index (κ2) is 12.5. The number of halogens is 2. The van der Waals surface area contributed by atoms with Crippen LogP contribution < -0.4 is 11.2 Å². The van der Waals surface area contributed by atoms with E-state index in [1.165, 1.54) is 6.92 Å². The Kier molecular flexibility index (Phi) is 16.3. The van der Waals surface area contributed by atoms with Crippen molar-refractivity contribution in [2.24, 2.45) is 10.7 Å². The molecule has 6 nitrogen and oxygen atoms in total. The number of nitrogens with one attached hydrogen (secondary N) is 1. The van der Waals surface area contributed by atoms with Gasteiger partial charge in [0.2, 0.25) is 0 Å². The molecule has 0 saturated carbocycles. The average Bonchev–Trinajstić information content (AvgIpc) is 2.16. The molecular weight excluding hydrogens is 257 g/mol. The number of amidine groups is 1. The third kappa shape index (κ3) is 9.97. The van der Waals surface area contributed by atoms with Gasteiger partial charge in [-0.25, -0.2) is 4.79 Å². The molecule has 0 fully saturated rings. The molecule has 0 aromatic carbocycles. The number of hydroxylamine groups is 1. The summed E-state index contributed by atoms with van der Waals surface area (Å²) in [6.07, 6.45) is 1.94. The highest BCUT2D eigenvalue weighted by Gasteiger charge is 2.15. The third-order valence-electron chi connectivity index (χ3n) is 1.73. The lowest BCUT2D eigenvalue weighted by atomic mass is 10.1. The third-order valence-corrected chi connectivity index (χ3v) is 1.73. The molecule has 0 aliphatic rings. The quantitative estimate of drug-likeness (QED) is 0.248. The minimum Gasteiger partial charge on any atom is -0.480 e. The first-order valence-electron chi connectivity index (χ1n) is 4.49. The molecule has 0 unspecified atom stereocenters. The Morgan fingerprint density at radius 2 is 2.00 bits per heavy atom. The summed E-state index contributed by atoms with van der Waals surface area (Å²) in [5.74, 6) is -0.790. The maximum atomic E-state index is 10.7. The number of aliphatic carboxylic acids is 1. The van der Waals surface area contributed by atoms with Gasteiger partial charge in [-0.05, 0) is 32.7 Å². The topological polar surface area (TPSA) is 108 Å². The minimum absolute atomic E-state index is 0. The average molecular weight is 276 g/mol. The van der Waals surface area contributed by atoms with Crippen molar-refractivity contribution in [3.05, 3.63) is 0 Å². The summed E-state index contributed by atoms with van der Waals surface area (Å²) < 4.78 is 0.